The van der Waals surface area contributed by atoms with E-state index < -0.39 is 0 Å². The second-order valence-electron chi connectivity index (χ2n) is 4.55. The molecule has 0 aliphatic carbocycles. The molecule has 0 aliphatic heterocycles. The third-order valence-corrected chi connectivity index (χ3v) is 3.00. The van der Waals surface area contributed by atoms with E-state index in [1.54, 1.807) is 0 Å². The minimum atomic E-state index is 0.895. The van der Waals surface area contributed by atoms with Gasteiger partial charge >= 0.3 is 0 Å². The van der Waals surface area contributed by atoms with Gasteiger partial charge in [-0.1, -0.05) is 13.8 Å². The lowest BCUT2D eigenvalue weighted by atomic mass is 10.3. The number of nitrogens with zero attached hydrogens (tertiary/aromatic N) is 3. The zero-order chi connectivity index (χ0) is 12.8. The molecule has 2 heterocycles. The second kappa shape index (κ2) is 6.40. The van der Waals surface area contributed by atoms with Crippen molar-refractivity contribution < 1.29 is 0 Å². The summed E-state index contributed by atoms with van der Waals surface area (Å²) in [6, 6.07) is 2.17. The highest BCUT2D eigenvalue weighted by molar-refractivity contribution is 5.12. The van der Waals surface area contributed by atoms with Crippen LogP contribution in [0.5, 0.6) is 0 Å². The van der Waals surface area contributed by atoms with Gasteiger partial charge in [0, 0.05) is 31.7 Å². The maximum atomic E-state index is 4.23. The average molecular weight is 246 g/mol. The van der Waals surface area contributed by atoms with Gasteiger partial charge in [0.15, 0.2) is 0 Å². The fourth-order valence-corrected chi connectivity index (χ4v) is 2.07. The molecule has 0 aliphatic rings. The van der Waals surface area contributed by atoms with Crippen molar-refractivity contribution in [2.45, 2.75) is 39.9 Å². The summed E-state index contributed by atoms with van der Waals surface area (Å²) in [6.07, 6.45) is 9.35. The average Bonchev–Trinajstić information content (AvgIpc) is 2.98. The van der Waals surface area contributed by atoms with E-state index >= 15 is 0 Å². The Morgan fingerprint density at radius 1 is 1.33 bits per heavy atom. The molecule has 18 heavy (non-hydrogen) atoms. The lowest BCUT2D eigenvalue weighted by Gasteiger charge is -2.07. The van der Waals surface area contributed by atoms with Crippen LogP contribution in [-0.4, -0.2) is 20.7 Å². The van der Waals surface area contributed by atoms with Gasteiger partial charge in [-0.25, -0.2) is 4.98 Å². The van der Waals surface area contributed by atoms with Crippen LogP contribution in [0.3, 0.4) is 0 Å². The minimum absolute atomic E-state index is 0.895. The second-order valence-corrected chi connectivity index (χ2v) is 4.55. The summed E-state index contributed by atoms with van der Waals surface area (Å²) < 4.78 is 4.44. The normalized spacial score (nSPS) is 11.0. The Bertz CT molecular complexity index is 470. The van der Waals surface area contributed by atoms with E-state index in [1.807, 2.05) is 12.5 Å². The van der Waals surface area contributed by atoms with Crippen LogP contribution in [0.4, 0.5) is 0 Å². The highest BCUT2D eigenvalue weighted by Crippen LogP contribution is 2.07. The van der Waals surface area contributed by atoms with Crippen LogP contribution in [0.25, 0.3) is 0 Å². The summed E-state index contributed by atoms with van der Waals surface area (Å²) in [6.45, 7) is 8.20. The molecular weight excluding hydrogens is 224 g/mol. The number of rotatable bonds is 7. The monoisotopic (exact) mass is 246 g/mol. The molecule has 4 nitrogen and oxygen atoms in total. The number of imidazole rings is 1. The predicted molar refractivity (Wildman–Crippen MR) is 73.4 cm³/mol. The van der Waals surface area contributed by atoms with Crippen LogP contribution < -0.4 is 5.32 Å². The summed E-state index contributed by atoms with van der Waals surface area (Å²) in [4.78, 5) is 4.23. The van der Waals surface area contributed by atoms with Gasteiger partial charge in [0.25, 0.3) is 0 Å². The molecular formula is C14H22N4. The summed E-state index contributed by atoms with van der Waals surface area (Å²) in [7, 11) is 0. The van der Waals surface area contributed by atoms with Gasteiger partial charge in [0.05, 0.1) is 18.6 Å². The van der Waals surface area contributed by atoms with Gasteiger partial charge in [-0.05, 0) is 24.6 Å². The summed E-state index contributed by atoms with van der Waals surface area (Å²) in [5.74, 6) is 0. The van der Waals surface area contributed by atoms with Crippen molar-refractivity contribution >= 4 is 0 Å². The molecule has 0 fully saturated rings. The number of hydrogen-bond donors (Lipinski definition) is 1. The maximum absolute atomic E-state index is 4.23. The van der Waals surface area contributed by atoms with Crippen molar-refractivity contribution in [2.75, 3.05) is 6.54 Å². The molecule has 2 aromatic heterocycles. The highest BCUT2D eigenvalue weighted by Gasteiger charge is 2.03. The molecule has 0 atom stereocenters. The van der Waals surface area contributed by atoms with Crippen LogP contribution >= 0.6 is 0 Å². The molecule has 0 saturated carbocycles. The Hall–Kier alpha value is -1.55. The first-order chi connectivity index (χ1) is 8.83. The largest absolute Gasteiger partial charge is 0.348 e. The van der Waals surface area contributed by atoms with Crippen LogP contribution in [0.2, 0.25) is 0 Å². The predicted octanol–water partition coefficient (Wildman–Crippen LogP) is 2.25. The summed E-state index contributed by atoms with van der Waals surface area (Å²) >= 11 is 0. The molecule has 2 rings (SSSR count). The lowest BCUT2D eigenvalue weighted by molar-refractivity contribution is 0.623. The number of nitrogens with one attached hydrogen (secondary N) is 1. The van der Waals surface area contributed by atoms with Crippen molar-refractivity contribution in [1.29, 1.82) is 0 Å². The van der Waals surface area contributed by atoms with Crippen molar-refractivity contribution in [2.24, 2.45) is 0 Å². The zero-order valence-electron chi connectivity index (χ0n) is 11.3. The molecule has 0 spiro atoms. The van der Waals surface area contributed by atoms with Crippen molar-refractivity contribution in [1.82, 2.24) is 19.4 Å². The molecule has 0 bridgehead atoms. The van der Waals surface area contributed by atoms with Gasteiger partial charge in [-0.15, -0.1) is 0 Å². The van der Waals surface area contributed by atoms with E-state index in [9.17, 15) is 0 Å². The summed E-state index contributed by atoms with van der Waals surface area (Å²) in [5.41, 5.74) is 2.60. The highest BCUT2D eigenvalue weighted by atomic mass is 15.1. The quantitative estimate of drug-likeness (QED) is 0.813. The lowest BCUT2D eigenvalue weighted by Crippen LogP contribution is -2.11. The molecule has 0 radical (unpaired) electrons. The van der Waals surface area contributed by atoms with E-state index in [2.05, 4.69) is 51.7 Å². The molecule has 0 saturated heterocycles. The molecule has 2 aromatic rings. The van der Waals surface area contributed by atoms with E-state index in [-0.39, 0.29) is 0 Å². The van der Waals surface area contributed by atoms with Crippen LogP contribution in [0.1, 0.15) is 31.5 Å². The van der Waals surface area contributed by atoms with Gasteiger partial charge in [-0.3, -0.25) is 0 Å². The Kier molecular flexibility index (Phi) is 4.59. The van der Waals surface area contributed by atoms with Gasteiger partial charge in [-0.2, -0.15) is 0 Å². The van der Waals surface area contributed by atoms with Crippen LogP contribution in [0.15, 0.2) is 31.0 Å². The van der Waals surface area contributed by atoms with E-state index in [0.717, 1.165) is 32.6 Å². The fraction of sp³-hybridized carbons (Fsp3) is 0.500. The van der Waals surface area contributed by atoms with Crippen molar-refractivity contribution in [3.63, 3.8) is 0 Å². The summed E-state index contributed by atoms with van der Waals surface area (Å²) in [5, 5.41) is 3.34. The Labute approximate surface area is 109 Å². The Morgan fingerprint density at radius 2 is 2.22 bits per heavy atom. The minimum Gasteiger partial charge on any atom is -0.348 e. The Morgan fingerprint density at radius 3 is 3.00 bits per heavy atom. The smallest absolute Gasteiger partial charge is 0.0948 e. The first kappa shape index (κ1) is 12.9. The SMILES string of the molecule is CCCn1cncc1Cn1ccc(CNCC)c1. The standard InChI is InChI=1S/C14H22N4/c1-3-6-18-12-16-9-14(18)11-17-7-5-13(10-17)8-15-4-2/h5,7,9-10,12,15H,3-4,6,8,11H2,1-2H3. The zero-order valence-corrected chi connectivity index (χ0v) is 11.3. The van der Waals surface area contributed by atoms with Gasteiger partial charge in [0.2, 0.25) is 0 Å². The van der Waals surface area contributed by atoms with Crippen molar-refractivity contribution in [3.05, 3.63) is 42.2 Å². The molecule has 4 heteroatoms. The maximum Gasteiger partial charge on any atom is 0.0948 e. The van der Waals surface area contributed by atoms with Crippen molar-refractivity contribution in [3.8, 4) is 0 Å². The number of hydrogen-bond acceptors (Lipinski definition) is 2. The molecule has 98 valence electrons. The molecule has 0 aromatic carbocycles. The Balaban J connectivity index is 1.99. The van der Waals surface area contributed by atoms with E-state index in [4.69, 9.17) is 0 Å². The molecule has 0 unspecified atom stereocenters. The molecule has 0 amide bonds. The van der Waals surface area contributed by atoms with Gasteiger partial charge < -0.3 is 14.5 Å². The van der Waals surface area contributed by atoms with E-state index in [0.29, 0.717) is 0 Å². The van der Waals surface area contributed by atoms with Gasteiger partial charge in [0.1, 0.15) is 0 Å². The molecule has 1 N–H and O–H groups in total. The van der Waals surface area contributed by atoms with E-state index in [1.165, 1.54) is 11.3 Å². The fourth-order valence-electron chi connectivity index (χ4n) is 2.07. The van der Waals surface area contributed by atoms with Crippen LogP contribution in [0, 0.1) is 0 Å². The third-order valence-electron chi connectivity index (χ3n) is 3.00. The first-order valence-corrected chi connectivity index (χ1v) is 6.67. The topological polar surface area (TPSA) is 34.8 Å². The number of aryl methyl sites for hydroxylation is 1. The van der Waals surface area contributed by atoms with Crippen LogP contribution in [-0.2, 0) is 19.6 Å². The number of aromatic nitrogens is 3. The third kappa shape index (κ3) is 3.23. The first-order valence-electron chi connectivity index (χ1n) is 6.67.